The molecule has 0 aliphatic carbocycles. The van der Waals surface area contributed by atoms with Crippen LogP contribution >= 0.6 is 0 Å². The standard InChI is InChI=1S/C13H18N2O2/c1-3-4-10-12(14-17)13(16)15(2)11-8-6-5-7-9-11/h5-9,12H,3-4,10H2,1-2H3. The van der Waals surface area contributed by atoms with Crippen LogP contribution in [0.4, 0.5) is 5.69 Å². The van der Waals surface area contributed by atoms with Crippen molar-refractivity contribution in [3.63, 3.8) is 0 Å². The Balaban J connectivity index is 2.71. The quantitative estimate of drug-likeness (QED) is 0.710. The van der Waals surface area contributed by atoms with E-state index in [0.29, 0.717) is 6.42 Å². The van der Waals surface area contributed by atoms with E-state index in [9.17, 15) is 9.70 Å². The van der Waals surface area contributed by atoms with Gasteiger partial charge in [-0.25, -0.2) is 0 Å². The van der Waals surface area contributed by atoms with Gasteiger partial charge in [0.2, 0.25) is 0 Å². The molecule has 17 heavy (non-hydrogen) atoms. The number of hydrogen-bond acceptors (Lipinski definition) is 3. The van der Waals surface area contributed by atoms with Gasteiger partial charge in [0.05, 0.1) is 0 Å². The third-order valence-corrected chi connectivity index (χ3v) is 2.72. The van der Waals surface area contributed by atoms with Crippen LogP contribution in [0, 0.1) is 4.91 Å². The SMILES string of the molecule is CCCCC(N=O)C(=O)N(C)c1ccccc1. The maximum absolute atomic E-state index is 12.0. The van der Waals surface area contributed by atoms with Gasteiger partial charge in [-0.3, -0.25) is 4.79 Å². The van der Waals surface area contributed by atoms with E-state index < -0.39 is 6.04 Å². The normalized spacial score (nSPS) is 11.9. The van der Waals surface area contributed by atoms with Gasteiger partial charge in [0.15, 0.2) is 6.04 Å². The molecule has 0 radical (unpaired) electrons. The summed E-state index contributed by atoms with van der Waals surface area (Å²) in [4.78, 5) is 24.2. The number of carbonyl (C=O) groups excluding carboxylic acids is 1. The summed E-state index contributed by atoms with van der Waals surface area (Å²) in [6, 6.07) is 8.50. The molecule has 0 aliphatic heterocycles. The summed E-state index contributed by atoms with van der Waals surface area (Å²) in [5.74, 6) is -0.236. The van der Waals surface area contributed by atoms with Crippen LogP contribution in [0.1, 0.15) is 26.2 Å². The van der Waals surface area contributed by atoms with Crippen molar-refractivity contribution in [1.29, 1.82) is 0 Å². The molecule has 92 valence electrons. The van der Waals surface area contributed by atoms with Crippen LogP contribution in [0.2, 0.25) is 0 Å². The molecule has 1 atom stereocenters. The number of amides is 1. The summed E-state index contributed by atoms with van der Waals surface area (Å²) >= 11 is 0. The van der Waals surface area contributed by atoms with E-state index in [-0.39, 0.29) is 5.91 Å². The van der Waals surface area contributed by atoms with Gasteiger partial charge in [0.25, 0.3) is 5.91 Å². The Kier molecular flexibility index (Phi) is 5.33. The smallest absolute Gasteiger partial charge is 0.255 e. The van der Waals surface area contributed by atoms with Crippen molar-refractivity contribution >= 4 is 11.6 Å². The molecule has 1 amide bonds. The second-order valence-electron chi connectivity index (χ2n) is 4.00. The van der Waals surface area contributed by atoms with Gasteiger partial charge in [0.1, 0.15) is 0 Å². The summed E-state index contributed by atoms with van der Waals surface area (Å²) < 4.78 is 0. The van der Waals surface area contributed by atoms with Gasteiger partial charge < -0.3 is 4.90 Å². The Morgan fingerprint density at radius 3 is 2.53 bits per heavy atom. The Morgan fingerprint density at radius 1 is 1.35 bits per heavy atom. The van der Waals surface area contributed by atoms with E-state index in [1.54, 1.807) is 7.05 Å². The van der Waals surface area contributed by atoms with Crippen LogP contribution in [-0.4, -0.2) is 19.0 Å². The summed E-state index contributed by atoms with van der Waals surface area (Å²) in [5, 5.41) is 2.93. The first-order chi connectivity index (χ1) is 8.20. The van der Waals surface area contributed by atoms with E-state index in [4.69, 9.17) is 0 Å². The zero-order chi connectivity index (χ0) is 12.7. The van der Waals surface area contributed by atoms with Crippen molar-refractivity contribution in [2.45, 2.75) is 32.2 Å². The fraction of sp³-hybridized carbons (Fsp3) is 0.462. The highest BCUT2D eigenvalue weighted by Crippen LogP contribution is 2.15. The lowest BCUT2D eigenvalue weighted by atomic mass is 10.1. The predicted octanol–water partition coefficient (Wildman–Crippen LogP) is 2.97. The summed E-state index contributed by atoms with van der Waals surface area (Å²) in [6.45, 7) is 2.02. The Morgan fingerprint density at radius 2 is 2.00 bits per heavy atom. The number of carbonyl (C=O) groups is 1. The van der Waals surface area contributed by atoms with Crippen molar-refractivity contribution in [3.05, 3.63) is 35.2 Å². The number of anilines is 1. The third-order valence-electron chi connectivity index (χ3n) is 2.72. The zero-order valence-electron chi connectivity index (χ0n) is 10.3. The number of para-hydroxylation sites is 1. The van der Waals surface area contributed by atoms with E-state index >= 15 is 0 Å². The summed E-state index contributed by atoms with van der Waals surface area (Å²) in [7, 11) is 1.67. The highest BCUT2D eigenvalue weighted by Gasteiger charge is 2.23. The monoisotopic (exact) mass is 234 g/mol. The number of nitroso groups, excluding NO2 is 1. The molecular weight excluding hydrogens is 216 g/mol. The van der Waals surface area contributed by atoms with Gasteiger partial charge in [-0.15, -0.1) is 4.91 Å². The third kappa shape index (κ3) is 3.66. The molecule has 0 bridgehead atoms. The molecule has 0 spiro atoms. The second-order valence-corrected chi connectivity index (χ2v) is 4.00. The largest absolute Gasteiger partial charge is 0.314 e. The molecule has 1 aromatic rings. The maximum Gasteiger partial charge on any atom is 0.255 e. The predicted molar refractivity (Wildman–Crippen MR) is 69.0 cm³/mol. The number of unbranched alkanes of at least 4 members (excludes halogenated alkanes) is 1. The number of likely N-dealkylation sites (N-methyl/N-ethyl adjacent to an activating group) is 1. The summed E-state index contributed by atoms with van der Waals surface area (Å²) in [6.07, 6.45) is 2.31. The van der Waals surface area contributed by atoms with Gasteiger partial charge >= 0.3 is 0 Å². The maximum atomic E-state index is 12.0. The molecule has 0 saturated carbocycles. The van der Waals surface area contributed by atoms with Gasteiger partial charge in [-0.05, 0) is 18.6 Å². The van der Waals surface area contributed by atoms with Crippen molar-refractivity contribution < 1.29 is 4.79 Å². The number of benzene rings is 1. The minimum absolute atomic E-state index is 0.236. The lowest BCUT2D eigenvalue weighted by Crippen LogP contribution is -2.35. The van der Waals surface area contributed by atoms with Crippen molar-refractivity contribution in [1.82, 2.24) is 0 Å². The fourth-order valence-corrected chi connectivity index (χ4v) is 1.62. The topological polar surface area (TPSA) is 49.7 Å². The average Bonchev–Trinajstić information content (AvgIpc) is 2.39. The molecular formula is C13H18N2O2. The molecule has 0 heterocycles. The van der Waals surface area contributed by atoms with Crippen LogP contribution in [0.15, 0.2) is 35.5 Å². The molecule has 1 rings (SSSR count). The molecule has 0 fully saturated rings. The molecule has 1 aromatic carbocycles. The first-order valence-electron chi connectivity index (χ1n) is 5.85. The van der Waals surface area contributed by atoms with Gasteiger partial charge in [-0.1, -0.05) is 43.1 Å². The van der Waals surface area contributed by atoms with Crippen LogP contribution in [0.5, 0.6) is 0 Å². The average molecular weight is 234 g/mol. The lowest BCUT2D eigenvalue weighted by Gasteiger charge is -2.19. The number of rotatable bonds is 6. The fourth-order valence-electron chi connectivity index (χ4n) is 1.62. The second kappa shape index (κ2) is 6.78. The molecule has 0 saturated heterocycles. The Bertz CT molecular complexity index is 365. The number of nitrogens with zero attached hydrogens (tertiary/aromatic N) is 2. The number of hydrogen-bond donors (Lipinski definition) is 0. The molecule has 4 heteroatoms. The Labute approximate surface area is 102 Å². The molecule has 0 N–H and O–H groups in total. The van der Waals surface area contributed by atoms with E-state index in [0.717, 1.165) is 18.5 Å². The van der Waals surface area contributed by atoms with E-state index in [2.05, 4.69) is 5.18 Å². The Hall–Kier alpha value is -1.71. The van der Waals surface area contributed by atoms with Crippen LogP contribution in [-0.2, 0) is 4.79 Å². The van der Waals surface area contributed by atoms with Crippen molar-refractivity contribution in [3.8, 4) is 0 Å². The first-order valence-corrected chi connectivity index (χ1v) is 5.85. The van der Waals surface area contributed by atoms with Gasteiger partial charge in [0, 0.05) is 12.7 Å². The molecule has 4 nitrogen and oxygen atoms in total. The van der Waals surface area contributed by atoms with Gasteiger partial charge in [-0.2, -0.15) is 0 Å². The van der Waals surface area contributed by atoms with E-state index in [1.165, 1.54) is 4.90 Å². The van der Waals surface area contributed by atoms with Crippen molar-refractivity contribution in [2.24, 2.45) is 5.18 Å². The minimum Gasteiger partial charge on any atom is -0.314 e. The van der Waals surface area contributed by atoms with Crippen LogP contribution in [0.25, 0.3) is 0 Å². The highest BCUT2D eigenvalue weighted by molar-refractivity contribution is 5.96. The molecule has 0 aliphatic rings. The van der Waals surface area contributed by atoms with E-state index in [1.807, 2.05) is 37.3 Å². The van der Waals surface area contributed by atoms with Crippen LogP contribution in [0.3, 0.4) is 0 Å². The summed E-state index contributed by atoms with van der Waals surface area (Å²) in [5.41, 5.74) is 0.780. The zero-order valence-corrected chi connectivity index (χ0v) is 10.3. The minimum atomic E-state index is -0.764. The molecule has 1 unspecified atom stereocenters. The first kappa shape index (κ1) is 13.4. The van der Waals surface area contributed by atoms with Crippen LogP contribution < -0.4 is 4.90 Å². The lowest BCUT2D eigenvalue weighted by molar-refractivity contribution is -0.119. The van der Waals surface area contributed by atoms with Crippen molar-refractivity contribution in [2.75, 3.05) is 11.9 Å². The highest BCUT2D eigenvalue weighted by atomic mass is 16.3. The molecule has 0 aromatic heterocycles.